The number of carbonyl (C=O) groups is 1. The van der Waals surface area contributed by atoms with Crippen LogP contribution >= 0.6 is 22.6 Å². The first-order valence-corrected chi connectivity index (χ1v) is 7.73. The second kappa shape index (κ2) is 7.42. The van der Waals surface area contributed by atoms with E-state index in [0.717, 1.165) is 9.13 Å². The largest absolute Gasteiger partial charge is 0.507 e. The molecule has 4 nitrogen and oxygen atoms in total. The predicted octanol–water partition coefficient (Wildman–Crippen LogP) is 2.82. The molecule has 0 aliphatic rings. The SMILES string of the molecule is NC(CCNC(=O)c1cc(I)ccc1O)c1ccccc1. The zero-order valence-corrected chi connectivity index (χ0v) is 13.6. The minimum Gasteiger partial charge on any atom is -0.507 e. The average molecular weight is 396 g/mol. The molecule has 1 unspecified atom stereocenters. The lowest BCUT2D eigenvalue weighted by Crippen LogP contribution is -2.27. The quantitative estimate of drug-likeness (QED) is 0.681. The summed E-state index contributed by atoms with van der Waals surface area (Å²) in [5, 5.41) is 12.5. The molecule has 0 aliphatic heterocycles. The summed E-state index contributed by atoms with van der Waals surface area (Å²) in [5.74, 6) is -0.299. The molecular formula is C16H17IN2O2. The van der Waals surface area contributed by atoms with Crippen LogP contribution in [0.2, 0.25) is 0 Å². The summed E-state index contributed by atoms with van der Waals surface area (Å²) in [4.78, 5) is 12.0. The molecule has 4 N–H and O–H groups in total. The Kier molecular flexibility index (Phi) is 5.58. The Balaban J connectivity index is 1.88. The van der Waals surface area contributed by atoms with Crippen LogP contribution in [0.3, 0.4) is 0 Å². The van der Waals surface area contributed by atoms with Crippen LogP contribution < -0.4 is 11.1 Å². The van der Waals surface area contributed by atoms with E-state index in [9.17, 15) is 9.90 Å². The summed E-state index contributed by atoms with van der Waals surface area (Å²) in [6.45, 7) is 0.458. The maximum absolute atomic E-state index is 12.0. The maximum atomic E-state index is 12.0. The van der Waals surface area contributed by atoms with Gasteiger partial charge in [-0.25, -0.2) is 0 Å². The van der Waals surface area contributed by atoms with E-state index in [1.807, 2.05) is 30.3 Å². The number of amides is 1. The highest BCUT2D eigenvalue weighted by molar-refractivity contribution is 14.1. The Morgan fingerprint density at radius 1 is 1.24 bits per heavy atom. The van der Waals surface area contributed by atoms with Crippen molar-refractivity contribution < 1.29 is 9.90 Å². The van der Waals surface area contributed by atoms with Crippen LogP contribution in [0.1, 0.15) is 28.4 Å². The van der Waals surface area contributed by atoms with Crippen LogP contribution in [0.4, 0.5) is 0 Å². The zero-order valence-electron chi connectivity index (χ0n) is 11.4. The van der Waals surface area contributed by atoms with Gasteiger partial charge in [-0.1, -0.05) is 30.3 Å². The molecule has 2 aromatic rings. The second-order valence-corrected chi connectivity index (χ2v) is 5.97. The van der Waals surface area contributed by atoms with Crippen LogP contribution in [-0.4, -0.2) is 17.6 Å². The minimum atomic E-state index is -0.286. The molecule has 0 heterocycles. The lowest BCUT2D eigenvalue weighted by molar-refractivity contribution is 0.0950. The van der Waals surface area contributed by atoms with Gasteiger partial charge < -0.3 is 16.2 Å². The summed E-state index contributed by atoms with van der Waals surface area (Å²) in [7, 11) is 0. The molecule has 5 heteroatoms. The molecule has 0 spiro atoms. The van der Waals surface area contributed by atoms with Crippen molar-refractivity contribution in [3.63, 3.8) is 0 Å². The standard InChI is InChI=1S/C16H17IN2O2/c17-12-6-7-15(20)13(10-12)16(21)19-9-8-14(18)11-4-2-1-3-5-11/h1-7,10,14,20H,8-9,18H2,(H,19,21). The molecule has 0 aliphatic carbocycles. The number of hydrogen-bond donors (Lipinski definition) is 3. The Bertz CT molecular complexity index is 617. The van der Waals surface area contributed by atoms with Gasteiger partial charge in [0.2, 0.25) is 0 Å². The summed E-state index contributed by atoms with van der Waals surface area (Å²) in [5.41, 5.74) is 7.40. The highest BCUT2D eigenvalue weighted by atomic mass is 127. The van der Waals surface area contributed by atoms with Gasteiger partial charge in [-0.05, 0) is 52.8 Å². The molecule has 0 saturated carbocycles. The molecule has 1 atom stereocenters. The fourth-order valence-electron chi connectivity index (χ4n) is 1.99. The molecule has 0 bridgehead atoms. The van der Waals surface area contributed by atoms with Crippen molar-refractivity contribution in [3.8, 4) is 5.75 Å². The summed E-state index contributed by atoms with van der Waals surface area (Å²) in [6, 6.07) is 14.6. The van der Waals surface area contributed by atoms with Gasteiger partial charge in [0.05, 0.1) is 5.56 Å². The molecule has 2 rings (SSSR count). The summed E-state index contributed by atoms with van der Waals surface area (Å²) in [6.07, 6.45) is 0.639. The molecule has 1 amide bonds. The number of phenols is 1. The van der Waals surface area contributed by atoms with Crippen molar-refractivity contribution in [2.75, 3.05) is 6.54 Å². The number of carbonyl (C=O) groups excluding carboxylic acids is 1. The van der Waals surface area contributed by atoms with Crippen molar-refractivity contribution in [2.45, 2.75) is 12.5 Å². The van der Waals surface area contributed by atoms with Gasteiger partial charge in [0, 0.05) is 16.2 Å². The molecule has 110 valence electrons. The monoisotopic (exact) mass is 396 g/mol. The van der Waals surface area contributed by atoms with E-state index in [1.54, 1.807) is 12.1 Å². The number of halogens is 1. The smallest absolute Gasteiger partial charge is 0.255 e. The van der Waals surface area contributed by atoms with Crippen molar-refractivity contribution in [3.05, 3.63) is 63.2 Å². The van der Waals surface area contributed by atoms with Crippen molar-refractivity contribution >= 4 is 28.5 Å². The fourth-order valence-corrected chi connectivity index (χ4v) is 2.48. The number of phenolic OH excluding ortho intramolecular Hbond substituents is 1. The van der Waals surface area contributed by atoms with Crippen molar-refractivity contribution in [2.24, 2.45) is 5.73 Å². The summed E-state index contributed by atoms with van der Waals surface area (Å²) >= 11 is 2.10. The predicted molar refractivity (Wildman–Crippen MR) is 91.1 cm³/mol. The zero-order chi connectivity index (χ0) is 15.2. The number of nitrogens with one attached hydrogen (secondary N) is 1. The highest BCUT2D eigenvalue weighted by Gasteiger charge is 2.12. The number of rotatable bonds is 5. The van der Waals surface area contributed by atoms with Crippen LogP contribution in [0.25, 0.3) is 0 Å². The Labute approximate surface area is 137 Å². The van der Waals surface area contributed by atoms with Gasteiger partial charge in [-0.3, -0.25) is 4.79 Å². The van der Waals surface area contributed by atoms with E-state index in [1.165, 1.54) is 6.07 Å². The minimum absolute atomic E-state index is 0.0136. The lowest BCUT2D eigenvalue weighted by Gasteiger charge is -2.13. The molecule has 0 saturated heterocycles. The Hall–Kier alpha value is -1.60. The van der Waals surface area contributed by atoms with Crippen LogP contribution in [0.15, 0.2) is 48.5 Å². The average Bonchev–Trinajstić information content (AvgIpc) is 2.50. The number of benzene rings is 2. The number of hydrogen-bond acceptors (Lipinski definition) is 3. The van der Waals surface area contributed by atoms with Gasteiger partial charge in [-0.15, -0.1) is 0 Å². The number of nitrogens with two attached hydrogens (primary N) is 1. The van der Waals surface area contributed by atoms with Crippen LogP contribution in [-0.2, 0) is 0 Å². The van der Waals surface area contributed by atoms with Gasteiger partial charge >= 0.3 is 0 Å². The van der Waals surface area contributed by atoms with Crippen LogP contribution in [0.5, 0.6) is 5.75 Å². The van der Waals surface area contributed by atoms with Gasteiger partial charge in [0.15, 0.2) is 0 Å². The van der Waals surface area contributed by atoms with Gasteiger partial charge in [0.25, 0.3) is 5.91 Å². The number of aromatic hydroxyl groups is 1. The first kappa shape index (κ1) is 15.8. The third kappa shape index (κ3) is 4.44. The maximum Gasteiger partial charge on any atom is 0.255 e. The molecule has 0 aromatic heterocycles. The van der Waals surface area contributed by atoms with E-state index in [2.05, 4.69) is 27.9 Å². The van der Waals surface area contributed by atoms with E-state index < -0.39 is 0 Å². The molecule has 0 fully saturated rings. The fraction of sp³-hybridized carbons (Fsp3) is 0.188. The first-order chi connectivity index (χ1) is 10.1. The highest BCUT2D eigenvalue weighted by Crippen LogP contribution is 2.19. The molecular weight excluding hydrogens is 379 g/mol. The van der Waals surface area contributed by atoms with E-state index in [-0.39, 0.29) is 23.3 Å². The first-order valence-electron chi connectivity index (χ1n) is 6.65. The van der Waals surface area contributed by atoms with Crippen molar-refractivity contribution in [1.29, 1.82) is 0 Å². The molecule has 2 aromatic carbocycles. The normalized spacial score (nSPS) is 11.9. The topological polar surface area (TPSA) is 75.3 Å². The molecule has 21 heavy (non-hydrogen) atoms. The van der Waals surface area contributed by atoms with Gasteiger partial charge in [0.1, 0.15) is 5.75 Å². The van der Waals surface area contributed by atoms with Gasteiger partial charge in [-0.2, -0.15) is 0 Å². The van der Waals surface area contributed by atoms with Crippen LogP contribution in [0, 0.1) is 3.57 Å². The molecule has 0 radical (unpaired) electrons. The van der Waals surface area contributed by atoms with Crippen molar-refractivity contribution in [1.82, 2.24) is 5.32 Å². The second-order valence-electron chi connectivity index (χ2n) is 4.72. The lowest BCUT2D eigenvalue weighted by atomic mass is 10.0. The third-order valence-electron chi connectivity index (χ3n) is 3.17. The van der Waals surface area contributed by atoms with E-state index in [0.29, 0.717) is 13.0 Å². The Morgan fingerprint density at radius 3 is 2.67 bits per heavy atom. The van der Waals surface area contributed by atoms with E-state index >= 15 is 0 Å². The summed E-state index contributed by atoms with van der Waals surface area (Å²) < 4.78 is 0.900. The van der Waals surface area contributed by atoms with E-state index in [4.69, 9.17) is 5.73 Å². The Morgan fingerprint density at radius 2 is 1.95 bits per heavy atom. The third-order valence-corrected chi connectivity index (χ3v) is 3.84.